The summed E-state index contributed by atoms with van der Waals surface area (Å²) in [5, 5.41) is 5.82. The van der Waals surface area contributed by atoms with Crippen LogP contribution in [0.4, 0.5) is 5.13 Å². The first-order valence-electron chi connectivity index (χ1n) is 8.48. The third-order valence-electron chi connectivity index (χ3n) is 3.83. The lowest BCUT2D eigenvalue weighted by Crippen LogP contribution is -1.99. The van der Waals surface area contributed by atoms with Crippen LogP contribution in [-0.4, -0.2) is 24.3 Å². The van der Waals surface area contributed by atoms with Gasteiger partial charge in [0.05, 0.1) is 19.0 Å². The van der Waals surface area contributed by atoms with Crippen molar-refractivity contribution < 1.29 is 14.3 Å². The molecule has 0 aliphatic heterocycles. The fourth-order valence-corrected chi connectivity index (χ4v) is 3.64. The summed E-state index contributed by atoms with van der Waals surface area (Å²) in [5.41, 5.74) is 5.15. The number of halogens is 2. The maximum absolute atomic E-state index is 11.6. The highest BCUT2D eigenvalue weighted by Crippen LogP contribution is 2.24. The second-order valence-corrected chi connectivity index (χ2v) is 7.73. The van der Waals surface area contributed by atoms with E-state index < -0.39 is 5.97 Å². The minimum Gasteiger partial charge on any atom is -0.489 e. The minimum absolute atomic E-state index is 0.344. The SMILES string of the molecule is COC(=O)c1sc(NN=Cc2ccc(OCc3ccc(Cl)cc3Cl)cc2)nc1C. The number of ether oxygens (including phenoxy) is 2. The number of carbonyl (C=O) groups excluding carboxylic acids is 1. The molecule has 3 aromatic rings. The smallest absolute Gasteiger partial charge is 0.350 e. The Morgan fingerprint density at radius 2 is 2.00 bits per heavy atom. The zero-order chi connectivity index (χ0) is 20.8. The number of nitrogens with one attached hydrogen (secondary N) is 1. The molecule has 9 heteroatoms. The zero-order valence-corrected chi connectivity index (χ0v) is 17.9. The number of aromatic nitrogens is 1. The number of thiazole rings is 1. The Morgan fingerprint density at radius 1 is 1.24 bits per heavy atom. The normalized spacial score (nSPS) is 10.9. The zero-order valence-electron chi connectivity index (χ0n) is 15.6. The van der Waals surface area contributed by atoms with E-state index >= 15 is 0 Å². The van der Waals surface area contributed by atoms with Gasteiger partial charge in [-0.3, -0.25) is 5.43 Å². The number of hydrogen-bond acceptors (Lipinski definition) is 7. The fourth-order valence-electron chi connectivity index (χ4n) is 2.34. The van der Waals surface area contributed by atoms with Crippen molar-refractivity contribution in [2.24, 2.45) is 5.10 Å². The number of aryl methyl sites for hydroxylation is 1. The van der Waals surface area contributed by atoms with Gasteiger partial charge in [0.2, 0.25) is 5.13 Å². The van der Waals surface area contributed by atoms with Crippen molar-refractivity contribution in [2.45, 2.75) is 13.5 Å². The van der Waals surface area contributed by atoms with E-state index in [9.17, 15) is 4.79 Å². The lowest BCUT2D eigenvalue weighted by atomic mass is 10.2. The second kappa shape index (κ2) is 9.73. The van der Waals surface area contributed by atoms with Gasteiger partial charge in [0.25, 0.3) is 0 Å². The van der Waals surface area contributed by atoms with Crippen LogP contribution in [0.5, 0.6) is 5.75 Å². The lowest BCUT2D eigenvalue weighted by molar-refractivity contribution is 0.0605. The van der Waals surface area contributed by atoms with Crippen LogP contribution >= 0.6 is 34.5 Å². The van der Waals surface area contributed by atoms with Crippen LogP contribution < -0.4 is 10.2 Å². The summed E-state index contributed by atoms with van der Waals surface area (Å²) in [7, 11) is 1.34. The van der Waals surface area contributed by atoms with Gasteiger partial charge in [-0.15, -0.1) is 0 Å². The van der Waals surface area contributed by atoms with Crippen molar-refractivity contribution in [3.05, 3.63) is 74.2 Å². The van der Waals surface area contributed by atoms with E-state index in [1.54, 1.807) is 25.3 Å². The molecule has 150 valence electrons. The number of hydrazone groups is 1. The monoisotopic (exact) mass is 449 g/mol. The van der Waals surface area contributed by atoms with E-state index in [-0.39, 0.29) is 0 Å². The average molecular weight is 450 g/mol. The highest BCUT2D eigenvalue weighted by Gasteiger charge is 2.15. The van der Waals surface area contributed by atoms with Crippen molar-refractivity contribution >= 4 is 51.9 Å². The Balaban J connectivity index is 1.55. The van der Waals surface area contributed by atoms with E-state index in [0.29, 0.717) is 38.1 Å². The molecule has 0 spiro atoms. The predicted octanol–water partition coefficient (Wildman–Crippen LogP) is 5.57. The number of rotatable bonds is 7. The van der Waals surface area contributed by atoms with Crippen LogP contribution in [0.15, 0.2) is 47.6 Å². The van der Waals surface area contributed by atoms with Crippen molar-refractivity contribution in [3.63, 3.8) is 0 Å². The number of carbonyl (C=O) groups is 1. The molecule has 3 rings (SSSR count). The average Bonchev–Trinajstić information content (AvgIpc) is 3.08. The van der Waals surface area contributed by atoms with Crippen LogP contribution in [-0.2, 0) is 11.3 Å². The van der Waals surface area contributed by atoms with Gasteiger partial charge in [-0.1, -0.05) is 40.6 Å². The molecule has 2 aromatic carbocycles. The molecule has 1 N–H and O–H groups in total. The molecule has 29 heavy (non-hydrogen) atoms. The topological polar surface area (TPSA) is 72.8 Å². The molecule has 1 aromatic heterocycles. The molecular weight excluding hydrogens is 433 g/mol. The number of anilines is 1. The van der Waals surface area contributed by atoms with E-state index in [2.05, 4.69) is 15.5 Å². The highest BCUT2D eigenvalue weighted by atomic mass is 35.5. The van der Waals surface area contributed by atoms with Crippen LogP contribution in [0.25, 0.3) is 0 Å². The summed E-state index contributed by atoms with van der Waals surface area (Å²) >= 11 is 13.2. The fraction of sp³-hybridized carbons (Fsp3) is 0.150. The molecule has 0 aliphatic rings. The Bertz CT molecular complexity index is 1040. The maximum atomic E-state index is 11.6. The van der Waals surface area contributed by atoms with Gasteiger partial charge in [-0.05, 0) is 48.9 Å². The number of hydrogen-bond donors (Lipinski definition) is 1. The molecule has 6 nitrogen and oxygen atoms in total. The summed E-state index contributed by atoms with van der Waals surface area (Å²) < 4.78 is 10.5. The molecular formula is C20H17Cl2N3O3S. The van der Waals surface area contributed by atoms with E-state index in [1.807, 2.05) is 30.3 Å². The van der Waals surface area contributed by atoms with Crippen LogP contribution in [0.2, 0.25) is 10.0 Å². The Morgan fingerprint density at radius 3 is 2.69 bits per heavy atom. The Kier molecular flexibility index (Phi) is 7.09. The third kappa shape index (κ3) is 5.69. The van der Waals surface area contributed by atoms with E-state index in [1.165, 1.54) is 18.4 Å². The van der Waals surface area contributed by atoms with E-state index in [4.69, 9.17) is 32.7 Å². The first-order chi connectivity index (χ1) is 14.0. The van der Waals surface area contributed by atoms with Gasteiger partial charge < -0.3 is 9.47 Å². The molecule has 0 fully saturated rings. The first-order valence-corrected chi connectivity index (χ1v) is 10.0. The summed E-state index contributed by atoms with van der Waals surface area (Å²) in [6.07, 6.45) is 1.65. The summed E-state index contributed by atoms with van der Waals surface area (Å²) in [6, 6.07) is 12.7. The lowest BCUT2D eigenvalue weighted by Gasteiger charge is -2.08. The Hall–Kier alpha value is -2.61. The molecule has 0 atom stereocenters. The van der Waals surface area contributed by atoms with Gasteiger partial charge in [0.1, 0.15) is 17.2 Å². The molecule has 0 amide bonds. The first kappa shape index (κ1) is 21.1. The van der Waals surface area contributed by atoms with Crippen molar-refractivity contribution in [1.82, 2.24) is 4.98 Å². The molecule has 0 aliphatic carbocycles. The molecule has 0 radical (unpaired) electrons. The van der Waals surface area contributed by atoms with Crippen molar-refractivity contribution in [1.29, 1.82) is 0 Å². The number of benzene rings is 2. The summed E-state index contributed by atoms with van der Waals surface area (Å²) in [4.78, 5) is 16.3. The third-order valence-corrected chi connectivity index (χ3v) is 5.46. The number of nitrogens with zero attached hydrogens (tertiary/aromatic N) is 2. The largest absolute Gasteiger partial charge is 0.489 e. The minimum atomic E-state index is -0.410. The quantitative estimate of drug-likeness (QED) is 0.290. The van der Waals surface area contributed by atoms with Crippen molar-refractivity contribution in [2.75, 3.05) is 12.5 Å². The molecule has 0 saturated heterocycles. The molecule has 0 saturated carbocycles. The predicted molar refractivity (Wildman–Crippen MR) is 117 cm³/mol. The molecule has 1 heterocycles. The maximum Gasteiger partial charge on any atom is 0.350 e. The standard InChI is InChI=1S/C20H17Cl2N3O3S/c1-12-18(19(26)27-2)29-20(24-12)25-23-10-13-3-7-16(8-4-13)28-11-14-5-6-15(21)9-17(14)22/h3-10H,11H2,1-2H3,(H,24,25). The highest BCUT2D eigenvalue weighted by molar-refractivity contribution is 7.17. The molecule has 0 unspecified atom stereocenters. The van der Waals surface area contributed by atoms with E-state index in [0.717, 1.165) is 11.1 Å². The summed E-state index contributed by atoms with van der Waals surface area (Å²) in [6.45, 7) is 2.09. The van der Waals surface area contributed by atoms with Crippen LogP contribution in [0, 0.1) is 6.92 Å². The van der Waals surface area contributed by atoms with Gasteiger partial charge in [0, 0.05) is 15.6 Å². The summed E-state index contributed by atoms with van der Waals surface area (Å²) in [5.74, 6) is 0.298. The second-order valence-electron chi connectivity index (χ2n) is 5.89. The van der Waals surface area contributed by atoms with Gasteiger partial charge in [-0.2, -0.15) is 5.10 Å². The molecule has 0 bridgehead atoms. The van der Waals surface area contributed by atoms with Gasteiger partial charge >= 0.3 is 5.97 Å². The van der Waals surface area contributed by atoms with Crippen LogP contribution in [0.3, 0.4) is 0 Å². The number of methoxy groups -OCH3 is 1. The Labute approximate surface area is 182 Å². The van der Waals surface area contributed by atoms with Gasteiger partial charge in [0.15, 0.2) is 0 Å². The van der Waals surface area contributed by atoms with Crippen molar-refractivity contribution in [3.8, 4) is 5.75 Å². The van der Waals surface area contributed by atoms with Crippen LogP contribution in [0.1, 0.15) is 26.5 Å². The number of esters is 1. The van der Waals surface area contributed by atoms with Gasteiger partial charge in [-0.25, -0.2) is 9.78 Å².